The van der Waals surface area contributed by atoms with Crippen LogP contribution in [0.5, 0.6) is 11.5 Å². The Morgan fingerprint density at radius 3 is 2.46 bits per heavy atom. The van der Waals surface area contributed by atoms with Crippen LogP contribution in [-0.2, 0) is 4.79 Å². The number of ether oxygens (including phenoxy) is 2. The van der Waals surface area contributed by atoms with Gasteiger partial charge >= 0.3 is 0 Å². The first-order valence-electron chi connectivity index (χ1n) is 7.87. The van der Waals surface area contributed by atoms with E-state index in [4.69, 9.17) is 9.47 Å². The Morgan fingerprint density at radius 1 is 1.08 bits per heavy atom. The van der Waals surface area contributed by atoms with Gasteiger partial charge in [0.25, 0.3) is 0 Å². The number of rotatable bonds is 8. The molecule has 0 aliphatic heterocycles. The van der Waals surface area contributed by atoms with E-state index in [0.29, 0.717) is 13.2 Å². The number of methoxy groups -OCH3 is 1. The fourth-order valence-electron chi connectivity index (χ4n) is 2.45. The molecule has 1 unspecified atom stereocenters. The number of carbonyl (C=O) groups excluding carboxylic acids is 1. The van der Waals surface area contributed by atoms with E-state index in [1.807, 2.05) is 73.6 Å². The van der Waals surface area contributed by atoms with Gasteiger partial charge in [0.2, 0.25) is 5.91 Å². The van der Waals surface area contributed by atoms with Crippen LogP contribution in [0, 0.1) is 0 Å². The molecule has 0 saturated carbocycles. The fourth-order valence-corrected chi connectivity index (χ4v) is 2.45. The summed E-state index contributed by atoms with van der Waals surface area (Å²) >= 11 is 0. The summed E-state index contributed by atoms with van der Waals surface area (Å²) < 4.78 is 10.8. The lowest BCUT2D eigenvalue weighted by Crippen LogP contribution is -2.38. The van der Waals surface area contributed by atoms with Crippen LogP contribution in [0.4, 0.5) is 0 Å². The number of hydrogen-bond donors (Lipinski definition) is 1. The fraction of sp³-hybridized carbons (Fsp3) is 0.316. The Hall–Kier alpha value is -2.53. The van der Waals surface area contributed by atoms with E-state index in [1.54, 1.807) is 7.11 Å². The SMILES string of the molecule is COc1cccc(OCCNC(=O)C(c2ccccc2)N(C)C)c1. The molecule has 0 bridgehead atoms. The Balaban J connectivity index is 1.85. The maximum atomic E-state index is 12.5. The van der Waals surface area contributed by atoms with Gasteiger partial charge in [-0.3, -0.25) is 9.69 Å². The highest BCUT2D eigenvalue weighted by molar-refractivity contribution is 5.83. The second-order valence-electron chi connectivity index (χ2n) is 5.60. The van der Waals surface area contributed by atoms with Gasteiger partial charge in [0.15, 0.2) is 0 Å². The molecular formula is C19H24N2O3. The van der Waals surface area contributed by atoms with Crippen molar-refractivity contribution in [3.05, 3.63) is 60.2 Å². The molecule has 0 fully saturated rings. The molecule has 5 nitrogen and oxygen atoms in total. The van der Waals surface area contributed by atoms with Gasteiger partial charge in [-0.25, -0.2) is 0 Å². The Morgan fingerprint density at radius 2 is 1.79 bits per heavy atom. The molecule has 0 aromatic heterocycles. The largest absolute Gasteiger partial charge is 0.497 e. The van der Waals surface area contributed by atoms with Crippen molar-refractivity contribution in [2.24, 2.45) is 0 Å². The molecule has 0 heterocycles. The van der Waals surface area contributed by atoms with E-state index in [0.717, 1.165) is 17.1 Å². The number of hydrogen-bond acceptors (Lipinski definition) is 4. The van der Waals surface area contributed by atoms with Crippen LogP contribution in [0.25, 0.3) is 0 Å². The van der Waals surface area contributed by atoms with Crippen molar-refractivity contribution in [1.29, 1.82) is 0 Å². The molecule has 5 heteroatoms. The molecule has 0 saturated heterocycles. The highest BCUT2D eigenvalue weighted by Crippen LogP contribution is 2.19. The van der Waals surface area contributed by atoms with Crippen molar-refractivity contribution in [1.82, 2.24) is 10.2 Å². The predicted octanol–water partition coefficient (Wildman–Crippen LogP) is 2.49. The summed E-state index contributed by atoms with van der Waals surface area (Å²) in [6.45, 7) is 0.834. The average molecular weight is 328 g/mol. The third-order valence-corrected chi connectivity index (χ3v) is 3.59. The smallest absolute Gasteiger partial charge is 0.242 e. The minimum Gasteiger partial charge on any atom is -0.497 e. The lowest BCUT2D eigenvalue weighted by atomic mass is 10.1. The number of carbonyl (C=O) groups is 1. The van der Waals surface area contributed by atoms with Crippen LogP contribution >= 0.6 is 0 Å². The second-order valence-corrected chi connectivity index (χ2v) is 5.60. The standard InChI is InChI=1S/C19H24N2O3/c1-21(2)18(15-8-5-4-6-9-15)19(22)20-12-13-24-17-11-7-10-16(14-17)23-3/h4-11,14,18H,12-13H2,1-3H3,(H,20,22). The summed E-state index contributed by atoms with van der Waals surface area (Å²) in [5.41, 5.74) is 0.966. The molecule has 2 rings (SSSR count). The van der Waals surface area contributed by atoms with Gasteiger partial charge in [0.1, 0.15) is 24.1 Å². The van der Waals surface area contributed by atoms with Crippen LogP contribution in [0.2, 0.25) is 0 Å². The van der Waals surface area contributed by atoms with E-state index in [1.165, 1.54) is 0 Å². The van der Waals surface area contributed by atoms with E-state index in [2.05, 4.69) is 5.32 Å². The van der Waals surface area contributed by atoms with Crippen LogP contribution in [0.15, 0.2) is 54.6 Å². The van der Waals surface area contributed by atoms with Gasteiger partial charge < -0.3 is 14.8 Å². The predicted molar refractivity (Wildman–Crippen MR) is 94.4 cm³/mol. The summed E-state index contributed by atoms with van der Waals surface area (Å²) in [5, 5.41) is 2.92. The van der Waals surface area contributed by atoms with Gasteiger partial charge in [-0.2, -0.15) is 0 Å². The summed E-state index contributed by atoms with van der Waals surface area (Å²) in [6.07, 6.45) is 0. The third-order valence-electron chi connectivity index (χ3n) is 3.59. The molecule has 2 aromatic rings. The minimum absolute atomic E-state index is 0.0413. The number of nitrogens with zero attached hydrogens (tertiary/aromatic N) is 1. The van der Waals surface area contributed by atoms with Crippen LogP contribution in [0.1, 0.15) is 11.6 Å². The monoisotopic (exact) mass is 328 g/mol. The summed E-state index contributed by atoms with van der Waals surface area (Å²) in [5.74, 6) is 1.42. The van der Waals surface area contributed by atoms with Crippen LogP contribution in [0.3, 0.4) is 0 Å². The van der Waals surface area contributed by atoms with Crippen molar-refractivity contribution in [2.75, 3.05) is 34.4 Å². The summed E-state index contributed by atoms with van der Waals surface area (Å²) in [7, 11) is 5.40. The quantitative estimate of drug-likeness (QED) is 0.757. The molecule has 1 N–H and O–H groups in total. The van der Waals surface area contributed by atoms with Gasteiger partial charge in [0, 0.05) is 6.07 Å². The van der Waals surface area contributed by atoms with Crippen molar-refractivity contribution in [3.8, 4) is 11.5 Å². The normalized spacial score (nSPS) is 11.8. The number of amides is 1. The summed E-state index contributed by atoms with van der Waals surface area (Å²) in [6, 6.07) is 16.8. The molecule has 0 radical (unpaired) electrons. The zero-order chi connectivity index (χ0) is 17.4. The first-order chi connectivity index (χ1) is 11.6. The van der Waals surface area contributed by atoms with Crippen LogP contribution in [-0.4, -0.2) is 45.2 Å². The lowest BCUT2D eigenvalue weighted by molar-refractivity contribution is -0.125. The first-order valence-corrected chi connectivity index (χ1v) is 7.87. The number of benzene rings is 2. The van der Waals surface area contributed by atoms with Gasteiger partial charge in [-0.15, -0.1) is 0 Å². The van der Waals surface area contributed by atoms with Gasteiger partial charge in [-0.05, 0) is 31.8 Å². The lowest BCUT2D eigenvalue weighted by Gasteiger charge is -2.23. The third kappa shape index (κ3) is 4.99. The Kier molecular flexibility index (Phi) is 6.63. The maximum Gasteiger partial charge on any atom is 0.242 e. The molecule has 0 spiro atoms. The van der Waals surface area contributed by atoms with E-state index in [9.17, 15) is 4.79 Å². The first kappa shape index (κ1) is 17.8. The summed E-state index contributed by atoms with van der Waals surface area (Å²) in [4.78, 5) is 14.4. The molecular weight excluding hydrogens is 304 g/mol. The molecule has 24 heavy (non-hydrogen) atoms. The van der Waals surface area contributed by atoms with E-state index in [-0.39, 0.29) is 11.9 Å². The molecule has 0 aliphatic carbocycles. The zero-order valence-corrected chi connectivity index (χ0v) is 14.4. The Bertz CT molecular complexity index is 644. The highest BCUT2D eigenvalue weighted by atomic mass is 16.5. The van der Waals surface area contributed by atoms with E-state index < -0.39 is 0 Å². The minimum atomic E-state index is -0.317. The maximum absolute atomic E-state index is 12.5. The average Bonchev–Trinajstić information content (AvgIpc) is 2.60. The topological polar surface area (TPSA) is 50.8 Å². The van der Waals surface area contributed by atoms with Crippen LogP contribution < -0.4 is 14.8 Å². The molecule has 128 valence electrons. The van der Waals surface area contributed by atoms with Gasteiger partial charge in [0.05, 0.1) is 13.7 Å². The van der Waals surface area contributed by atoms with Crippen molar-refractivity contribution >= 4 is 5.91 Å². The van der Waals surface area contributed by atoms with E-state index >= 15 is 0 Å². The van der Waals surface area contributed by atoms with Crippen molar-refractivity contribution in [2.45, 2.75) is 6.04 Å². The molecule has 0 aliphatic rings. The number of nitrogens with one attached hydrogen (secondary N) is 1. The van der Waals surface area contributed by atoms with Crippen molar-refractivity contribution in [3.63, 3.8) is 0 Å². The molecule has 1 atom stereocenters. The highest BCUT2D eigenvalue weighted by Gasteiger charge is 2.22. The van der Waals surface area contributed by atoms with Gasteiger partial charge in [-0.1, -0.05) is 36.4 Å². The second kappa shape index (κ2) is 8.93. The Labute approximate surface area is 143 Å². The number of likely N-dealkylation sites (N-methyl/N-ethyl adjacent to an activating group) is 1. The van der Waals surface area contributed by atoms with Crippen molar-refractivity contribution < 1.29 is 14.3 Å². The zero-order valence-electron chi connectivity index (χ0n) is 14.4. The molecule has 1 amide bonds. The molecule has 2 aromatic carbocycles.